The molecule has 0 radical (unpaired) electrons. The summed E-state index contributed by atoms with van der Waals surface area (Å²) in [6.45, 7) is 0.223. The van der Waals surface area contributed by atoms with Crippen LogP contribution in [-0.2, 0) is 16.1 Å². The van der Waals surface area contributed by atoms with Crippen LogP contribution in [0.15, 0.2) is 18.2 Å². The Labute approximate surface area is 154 Å². The first-order valence-electron chi connectivity index (χ1n) is 9.07. The van der Waals surface area contributed by atoms with Crippen molar-refractivity contribution in [1.82, 2.24) is 15.5 Å². The zero-order valence-corrected chi connectivity index (χ0v) is 14.5. The molecule has 1 unspecified atom stereocenters. The summed E-state index contributed by atoms with van der Waals surface area (Å²) in [7, 11) is 0. The number of nitrogens with zero attached hydrogens (tertiary/aromatic N) is 1. The van der Waals surface area contributed by atoms with Crippen molar-refractivity contribution in [2.75, 3.05) is 0 Å². The van der Waals surface area contributed by atoms with Gasteiger partial charge in [0.25, 0.3) is 11.8 Å². The minimum absolute atomic E-state index is 0.197. The van der Waals surface area contributed by atoms with Gasteiger partial charge in [0.05, 0.1) is 0 Å². The molecule has 2 heterocycles. The number of hydrogen-bond acceptors (Lipinski definition) is 4. The van der Waals surface area contributed by atoms with Crippen LogP contribution in [0.3, 0.4) is 0 Å². The first-order valence-corrected chi connectivity index (χ1v) is 9.07. The van der Waals surface area contributed by atoms with Crippen LogP contribution in [-0.4, -0.2) is 45.8 Å². The van der Waals surface area contributed by atoms with Gasteiger partial charge in [0.15, 0.2) is 0 Å². The molecule has 7 nitrogen and oxygen atoms in total. The maximum Gasteiger partial charge on any atom is 0.255 e. The summed E-state index contributed by atoms with van der Waals surface area (Å²) in [5.74, 6) is -1.34. The van der Waals surface area contributed by atoms with Crippen LogP contribution in [0.25, 0.3) is 0 Å². The molecule has 1 saturated heterocycles. The van der Waals surface area contributed by atoms with E-state index < -0.39 is 23.2 Å². The van der Waals surface area contributed by atoms with E-state index in [1.54, 1.807) is 18.2 Å². The normalized spacial score (nSPS) is 33.7. The van der Waals surface area contributed by atoms with Gasteiger partial charge in [0.2, 0.25) is 11.8 Å². The molecule has 4 amide bonds. The summed E-state index contributed by atoms with van der Waals surface area (Å²) < 4.78 is 13.6. The second-order valence-electron chi connectivity index (χ2n) is 8.19. The van der Waals surface area contributed by atoms with Crippen molar-refractivity contribution in [3.63, 3.8) is 0 Å². The van der Waals surface area contributed by atoms with Gasteiger partial charge in [-0.25, -0.2) is 4.39 Å². The molecular formula is C19H18FN3O4. The Morgan fingerprint density at radius 1 is 1.22 bits per heavy atom. The lowest BCUT2D eigenvalue weighted by molar-refractivity contribution is -0.162. The van der Waals surface area contributed by atoms with Gasteiger partial charge < -0.3 is 10.2 Å². The van der Waals surface area contributed by atoms with E-state index in [2.05, 4.69) is 10.6 Å². The third kappa shape index (κ3) is 2.39. The molecule has 3 saturated carbocycles. The van der Waals surface area contributed by atoms with Crippen LogP contribution in [0.4, 0.5) is 4.39 Å². The molecule has 1 aromatic rings. The Bertz CT molecular complexity index is 908. The number of amides is 4. The van der Waals surface area contributed by atoms with Crippen molar-refractivity contribution in [1.29, 1.82) is 0 Å². The molecule has 2 bridgehead atoms. The van der Waals surface area contributed by atoms with Gasteiger partial charge in [-0.1, -0.05) is 0 Å². The van der Waals surface area contributed by atoms with E-state index in [0.717, 1.165) is 0 Å². The first kappa shape index (κ1) is 16.4. The summed E-state index contributed by atoms with van der Waals surface area (Å²) in [6.07, 6.45) is 1.61. The van der Waals surface area contributed by atoms with E-state index >= 15 is 0 Å². The first-order chi connectivity index (χ1) is 12.8. The molecular weight excluding hydrogens is 353 g/mol. The topological polar surface area (TPSA) is 95.6 Å². The Balaban J connectivity index is 1.32. The van der Waals surface area contributed by atoms with Gasteiger partial charge in [-0.05, 0) is 30.2 Å². The summed E-state index contributed by atoms with van der Waals surface area (Å²) in [5.41, 5.74) is 0.0742. The molecule has 2 aliphatic heterocycles. The number of fused-ring (bicyclic) bond motifs is 1. The molecule has 0 spiro atoms. The van der Waals surface area contributed by atoms with Gasteiger partial charge in [0.1, 0.15) is 11.7 Å². The van der Waals surface area contributed by atoms with Crippen LogP contribution >= 0.6 is 0 Å². The fourth-order valence-corrected chi connectivity index (χ4v) is 4.83. The van der Waals surface area contributed by atoms with Crippen LogP contribution in [0, 0.1) is 0 Å². The molecule has 5 aliphatic rings. The van der Waals surface area contributed by atoms with Gasteiger partial charge in [-0.15, -0.1) is 0 Å². The zero-order chi connectivity index (χ0) is 19.0. The van der Waals surface area contributed by atoms with Gasteiger partial charge in [-0.2, -0.15) is 0 Å². The van der Waals surface area contributed by atoms with E-state index in [4.69, 9.17) is 0 Å². The maximum absolute atomic E-state index is 13.6. The number of rotatable bonds is 3. The zero-order valence-electron chi connectivity index (χ0n) is 14.5. The number of benzene rings is 1. The highest BCUT2D eigenvalue weighted by molar-refractivity contribution is 6.06. The molecule has 140 valence electrons. The number of halogens is 1. The van der Waals surface area contributed by atoms with Crippen molar-refractivity contribution >= 4 is 23.6 Å². The molecule has 1 atom stereocenters. The van der Waals surface area contributed by atoms with E-state index in [-0.39, 0.29) is 30.7 Å². The highest BCUT2D eigenvalue weighted by Crippen LogP contribution is 2.62. The quantitative estimate of drug-likeness (QED) is 0.769. The molecule has 8 heteroatoms. The van der Waals surface area contributed by atoms with Gasteiger partial charge in [0, 0.05) is 48.9 Å². The largest absolute Gasteiger partial charge is 0.346 e. The monoisotopic (exact) mass is 371 g/mol. The molecule has 3 aliphatic carbocycles. The second-order valence-corrected chi connectivity index (χ2v) is 8.19. The fraction of sp³-hybridized carbons (Fsp3) is 0.474. The highest BCUT2D eigenvalue weighted by atomic mass is 19.1. The molecule has 4 fully saturated rings. The van der Waals surface area contributed by atoms with Crippen LogP contribution in [0.2, 0.25) is 0 Å². The van der Waals surface area contributed by atoms with Gasteiger partial charge >= 0.3 is 0 Å². The van der Waals surface area contributed by atoms with E-state index in [9.17, 15) is 23.6 Å². The lowest BCUT2D eigenvalue weighted by Crippen LogP contribution is -2.76. The number of nitrogens with one attached hydrogen (secondary N) is 2. The summed E-state index contributed by atoms with van der Waals surface area (Å²) in [4.78, 5) is 50.0. The number of alkyl halides is 1. The third-order valence-electron chi connectivity index (χ3n) is 6.13. The predicted molar refractivity (Wildman–Crippen MR) is 90.4 cm³/mol. The third-order valence-corrected chi connectivity index (χ3v) is 6.13. The Morgan fingerprint density at radius 3 is 2.63 bits per heavy atom. The Kier molecular flexibility index (Phi) is 3.13. The maximum atomic E-state index is 13.6. The van der Waals surface area contributed by atoms with Crippen molar-refractivity contribution in [3.05, 3.63) is 34.9 Å². The lowest BCUT2D eigenvalue weighted by Gasteiger charge is -2.65. The van der Waals surface area contributed by atoms with Crippen molar-refractivity contribution < 1.29 is 23.6 Å². The molecule has 1 aromatic carbocycles. The Morgan fingerprint density at radius 2 is 1.96 bits per heavy atom. The average Bonchev–Trinajstić information content (AvgIpc) is 2.88. The molecule has 6 rings (SSSR count). The van der Waals surface area contributed by atoms with Crippen LogP contribution in [0.5, 0.6) is 0 Å². The van der Waals surface area contributed by atoms with Crippen LogP contribution < -0.4 is 10.6 Å². The summed E-state index contributed by atoms with van der Waals surface area (Å²) in [6, 6.07) is 4.15. The van der Waals surface area contributed by atoms with Crippen molar-refractivity contribution in [2.45, 2.75) is 55.9 Å². The molecule has 0 aromatic heterocycles. The van der Waals surface area contributed by atoms with Crippen LogP contribution in [0.1, 0.15) is 58.4 Å². The van der Waals surface area contributed by atoms with E-state index in [0.29, 0.717) is 42.4 Å². The van der Waals surface area contributed by atoms with Crippen molar-refractivity contribution in [3.8, 4) is 0 Å². The van der Waals surface area contributed by atoms with E-state index in [1.165, 1.54) is 4.90 Å². The number of carbonyl (C=O) groups excluding carboxylic acids is 4. The average molecular weight is 371 g/mol. The number of imide groups is 1. The predicted octanol–water partition coefficient (Wildman–Crippen LogP) is 0.822. The SMILES string of the molecule is O=C1CCC(N2Cc3cc(C(=O)NC45CC(F)(C4)C5)ccc3C2=O)C(=O)N1. The fourth-order valence-electron chi connectivity index (χ4n) is 4.83. The highest BCUT2D eigenvalue weighted by Gasteiger charge is 2.69. The number of carbonyl (C=O) groups is 4. The van der Waals surface area contributed by atoms with Gasteiger partial charge in [-0.3, -0.25) is 24.5 Å². The van der Waals surface area contributed by atoms with E-state index in [1.807, 2.05) is 0 Å². The minimum atomic E-state index is -1.08. The summed E-state index contributed by atoms with van der Waals surface area (Å²) in [5, 5.41) is 5.17. The summed E-state index contributed by atoms with van der Waals surface area (Å²) >= 11 is 0. The number of piperidine rings is 1. The Hall–Kier alpha value is -2.77. The molecule has 2 N–H and O–H groups in total. The number of hydrogen-bond donors (Lipinski definition) is 2. The minimum Gasteiger partial charge on any atom is -0.346 e. The molecule has 27 heavy (non-hydrogen) atoms. The smallest absolute Gasteiger partial charge is 0.255 e. The standard InChI is InChI=1S/C19H18FN3O4/c20-18-7-19(8-18,9-18)22-15(25)10-1-2-12-11(5-10)6-23(17(12)27)13-3-4-14(24)21-16(13)26/h1-2,5,13H,3-4,6-9H2,(H,22,25)(H,21,24,26). The lowest BCUT2D eigenvalue weighted by atomic mass is 9.47. The van der Waals surface area contributed by atoms with Crippen molar-refractivity contribution in [2.24, 2.45) is 0 Å². The second kappa shape index (κ2) is 5.15.